The van der Waals surface area contributed by atoms with Crippen molar-refractivity contribution < 1.29 is 14.6 Å². The fourth-order valence-corrected chi connectivity index (χ4v) is 1.71. The number of carbonyl (C=O) groups excluding carboxylic acids is 1. The van der Waals surface area contributed by atoms with Crippen LogP contribution in [-0.2, 0) is 4.74 Å². The lowest BCUT2D eigenvalue weighted by Gasteiger charge is -2.26. The van der Waals surface area contributed by atoms with Gasteiger partial charge >= 0.3 is 6.09 Å². The van der Waals surface area contributed by atoms with Crippen LogP contribution in [0.3, 0.4) is 0 Å². The Bertz CT molecular complexity index is 474. The third-order valence-electron chi connectivity index (χ3n) is 2.52. The van der Waals surface area contributed by atoms with Crippen LogP contribution in [-0.4, -0.2) is 22.9 Å². The Hall–Kier alpha value is -2.06. The van der Waals surface area contributed by atoms with E-state index in [0.717, 1.165) is 5.56 Å². The number of rotatable bonds is 4. The number of nitriles is 1. The zero-order chi connectivity index (χ0) is 15.2. The molecule has 0 heterocycles. The van der Waals surface area contributed by atoms with Crippen LogP contribution in [0.15, 0.2) is 30.3 Å². The van der Waals surface area contributed by atoms with Crippen LogP contribution in [0.5, 0.6) is 0 Å². The molecule has 108 valence electrons. The molecule has 0 saturated carbocycles. The maximum absolute atomic E-state index is 11.8. The van der Waals surface area contributed by atoms with E-state index in [1.54, 1.807) is 45.0 Å². The summed E-state index contributed by atoms with van der Waals surface area (Å²) in [6.45, 7) is 5.28. The average molecular weight is 276 g/mol. The number of benzene rings is 1. The average Bonchev–Trinajstić information content (AvgIpc) is 2.35. The standard InChI is InChI=1S/C15H20N2O3/c1-15(2,3)20-14(19)17-13(12(18)9-10-16)11-7-5-4-6-8-11/h4-8,12-13,18H,9H2,1-3H3,(H,17,19). The van der Waals surface area contributed by atoms with E-state index in [2.05, 4.69) is 5.32 Å². The van der Waals surface area contributed by atoms with Crippen molar-refractivity contribution >= 4 is 6.09 Å². The fourth-order valence-electron chi connectivity index (χ4n) is 1.71. The number of aliphatic hydroxyl groups is 1. The van der Waals surface area contributed by atoms with Crippen LogP contribution in [0.1, 0.15) is 38.8 Å². The van der Waals surface area contributed by atoms with Crippen LogP contribution < -0.4 is 5.32 Å². The molecule has 0 radical (unpaired) electrons. The highest BCUT2D eigenvalue weighted by molar-refractivity contribution is 5.68. The summed E-state index contributed by atoms with van der Waals surface area (Å²) in [6, 6.07) is 10.2. The summed E-state index contributed by atoms with van der Waals surface area (Å²) >= 11 is 0. The van der Waals surface area contributed by atoms with Gasteiger partial charge in [0.25, 0.3) is 0 Å². The van der Waals surface area contributed by atoms with Gasteiger partial charge in [-0.2, -0.15) is 5.26 Å². The Balaban J connectivity index is 2.85. The molecule has 2 N–H and O–H groups in total. The van der Waals surface area contributed by atoms with E-state index in [1.165, 1.54) is 0 Å². The van der Waals surface area contributed by atoms with E-state index in [9.17, 15) is 9.90 Å². The number of hydrogen-bond donors (Lipinski definition) is 2. The Labute approximate surface area is 119 Å². The van der Waals surface area contributed by atoms with E-state index in [4.69, 9.17) is 10.00 Å². The van der Waals surface area contributed by atoms with Gasteiger partial charge in [-0.15, -0.1) is 0 Å². The second-order valence-electron chi connectivity index (χ2n) is 5.46. The molecule has 20 heavy (non-hydrogen) atoms. The summed E-state index contributed by atoms with van der Waals surface area (Å²) in [5.74, 6) is 0. The number of nitrogens with zero attached hydrogens (tertiary/aromatic N) is 1. The van der Waals surface area contributed by atoms with Gasteiger partial charge in [0.15, 0.2) is 0 Å². The number of aliphatic hydroxyl groups excluding tert-OH is 1. The number of amides is 1. The van der Waals surface area contributed by atoms with E-state index in [0.29, 0.717) is 0 Å². The molecule has 0 spiro atoms. The van der Waals surface area contributed by atoms with Crippen molar-refractivity contribution in [2.45, 2.75) is 44.9 Å². The zero-order valence-electron chi connectivity index (χ0n) is 12.0. The number of nitrogens with one attached hydrogen (secondary N) is 1. The Kier molecular flexibility index (Phi) is 5.53. The molecule has 0 saturated heterocycles. The maximum atomic E-state index is 11.8. The predicted molar refractivity (Wildman–Crippen MR) is 74.8 cm³/mol. The third kappa shape index (κ3) is 5.29. The van der Waals surface area contributed by atoms with Gasteiger partial charge in [-0.3, -0.25) is 0 Å². The van der Waals surface area contributed by atoms with Crippen molar-refractivity contribution in [3.63, 3.8) is 0 Å². The molecule has 2 atom stereocenters. The minimum atomic E-state index is -0.991. The van der Waals surface area contributed by atoms with Crippen molar-refractivity contribution in [1.82, 2.24) is 5.32 Å². The quantitative estimate of drug-likeness (QED) is 0.885. The van der Waals surface area contributed by atoms with Crippen molar-refractivity contribution in [3.05, 3.63) is 35.9 Å². The first kappa shape index (κ1) is 16.0. The third-order valence-corrected chi connectivity index (χ3v) is 2.52. The molecule has 0 bridgehead atoms. The smallest absolute Gasteiger partial charge is 0.408 e. The summed E-state index contributed by atoms with van der Waals surface area (Å²) in [7, 11) is 0. The van der Waals surface area contributed by atoms with Gasteiger partial charge < -0.3 is 15.2 Å². The SMILES string of the molecule is CC(C)(C)OC(=O)NC(c1ccccc1)C(O)CC#N. The zero-order valence-corrected chi connectivity index (χ0v) is 12.0. The predicted octanol–water partition coefficient (Wildman–Crippen LogP) is 2.53. The summed E-state index contributed by atoms with van der Waals surface area (Å²) in [6.07, 6.45) is -1.69. The van der Waals surface area contributed by atoms with Gasteiger partial charge in [0.1, 0.15) is 5.60 Å². The summed E-state index contributed by atoms with van der Waals surface area (Å²) < 4.78 is 5.17. The van der Waals surface area contributed by atoms with Crippen molar-refractivity contribution in [2.24, 2.45) is 0 Å². The fraction of sp³-hybridized carbons (Fsp3) is 0.467. The molecule has 0 aliphatic rings. The normalized spacial score (nSPS) is 13.9. The molecule has 1 rings (SSSR count). The molecule has 2 unspecified atom stereocenters. The van der Waals surface area contributed by atoms with Crippen molar-refractivity contribution in [2.75, 3.05) is 0 Å². The first-order chi connectivity index (χ1) is 9.33. The van der Waals surface area contributed by atoms with E-state index in [1.807, 2.05) is 12.1 Å². The topological polar surface area (TPSA) is 82.3 Å². The summed E-state index contributed by atoms with van der Waals surface area (Å²) in [4.78, 5) is 11.8. The van der Waals surface area contributed by atoms with E-state index >= 15 is 0 Å². The molecule has 0 aliphatic heterocycles. The first-order valence-corrected chi connectivity index (χ1v) is 6.43. The molecular weight excluding hydrogens is 256 g/mol. The van der Waals surface area contributed by atoms with Crippen molar-refractivity contribution in [1.29, 1.82) is 5.26 Å². The number of alkyl carbamates (subject to hydrolysis) is 1. The highest BCUT2D eigenvalue weighted by Crippen LogP contribution is 2.19. The molecule has 0 aliphatic carbocycles. The lowest BCUT2D eigenvalue weighted by atomic mass is 10.00. The minimum Gasteiger partial charge on any atom is -0.444 e. The van der Waals surface area contributed by atoms with Crippen LogP contribution in [0.4, 0.5) is 4.79 Å². The monoisotopic (exact) mass is 276 g/mol. The van der Waals surface area contributed by atoms with Crippen LogP contribution in [0, 0.1) is 11.3 Å². The Morgan fingerprint density at radius 3 is 2.50 bits per heavy atom. The molecule has 0 fully saturated rings. The van der Waals surface area contributed by atoms with Gasteiger partial charge in [-0.05, 0) is 26.3 Å². The maximum Gasteiger partial charge on any atom is 0.408 e. The highest BCUT2D eigenvalue weighted by atomic mass is 16.6. The largest absolute Gasteiger partial charge is 0.444 e. The van der Waals surface area contributed by atoms with E-state index < -0.39 is 23.8 Å². The van der Waals surface area contributed by atoms with Crippen LogP contribution in [0.25, 0.3) is 0 Å². The number of carbonyl (C=O) groups is 1. The Morgan fingerprint density at radius 1 is 1.40 bits per heavy atom. The van der Waals surface area contributed by atoms with Crippen LogP contribution >= 0.6 is 0 Å². The molecule has 5 heteroatoms. The number of ether oxygens (including phenoxy) is 1. The van der Waals surface area contributed by atoms with Gasteiger partial charge in [0.05, 0.1) is 24.6 Å². The van der Waals surface area contributed by atoms with Gasteiger partial charge in [-0.25, -0.2) is 4.79 Å². The highest BCUT2D eigenvalue weighted by Gasteiger charge is 2.25. The second-order valence-corrected chi connectivity index (χ2v) is 5.46. The number of hydrogen-bond acceptors (Lipinski definition) is 4. The first-order valence-electron chi connectivity index (χ1n) is 6.43. The van der Waals surface area contributed by atoms with Crippen molar-refractivity contribution in [3.8, 4) is 6.07 Å². The van der Waals surface area contributed by atoms with Gasteiger partial charge in [0.2, 0.25) is 0 Å². The molecule has 1 amide bonds. The van der Waals surface area contributed by atoms with E-state index in [-0.39, 0.29) is 6.42 Å². The molecule has 1 aromatic carbocycles. The second kappa shape index (κ2) is 6.92. The van der Waals surface area contributed by atoms with Crippen LogP contribution in [0.2, 0.25) is 0 Å². The van der Waals surface area contributed by atoms with Gasteiger partial charge in [0, 0.05) is 0 Å². The molecule has 1 aromatic rings. The molecule has 0 aromatic heterocycles. The molecule has 5 nitrogen and oxygen atoms in total. The summed E-state index contributed by atoms with van der Waals surface area (Å²) in [5.41, 5.74) is 0.104. The van der Waals surface area contributed by atoms with Gasteiger partial charge in [-0.1, -0.05) is 30.3 Å². The lowest BCUT2D eigenvalue weighted by Crippen LogP contribution is -2.39. The molecular formula is C15H20N2O3. The Morgan fingerprint density at radius 2 is 2.00 bits per heavy atom. The lowest BCUT2D eigenvalue weighted by molar-refractivity contribution is 0.0424. The minimum absolute atomic E-state index is 0.0740. The summed E-state index contributed by atoms with van der Waals surface area (Å²) in [5, 5.41) is 21.3.